The number of aromatic nitrogens is 1. The van der Waals surface area contributed by atoms with Gasteiger partial charge in [0.25, 0.3) is 5.91 Å². The van der Waals surface area contributed by atoms with E-state index in [1.54, 1.807) is 30.1 Å². The van der Waals surface area contributed by atoms with E-state index in [0.717, 1.165) is 21.8 Å². The smallest absolute Gasteiger partial charge is 0.254 e. The Hall–Kier alpha value is -3.86. The Labute approximate surface area is 257 Å². The van der Waals surface area contributed by atoms with Gasteiger partial charge in [-0.1, -0.05) is 66.7 Å². The molecule has 0 saturated heterocycles. The Morgan fingerprint density at radius 1 is 0.953 bits per heavy atom. The molecule has 0 aliphatic carbocycles. The van der Waals surface area contributed by atoms with Gasteiger partial charge in [-0.15, -0.1) is 11.3 Å². The monoisotopic (exact) mass is 618 g/mol. The first-order chi connectivity index (χ1) is 20.5. The Bertz CT molecular complexity index is 1640. The number of sulfone groups is 1. The van der Waals surface area contributed by atoms with E-state index in [1.807, 2.05) is 73.0 Å². The highest BCUT2D eigenvalue weighted by atomic mass is 32.2. The average molecular weight is 619 g/mol. The number of amides is 2. The molecule has 0 saturated carbocycles. The van der Waals surface area contributed by atoms with Gasteiger partial charge >= 0.3 is 0 Å². The topological polar surface area (TPSA) is 122 Å². The largest absolute Gasteiger partial charge is 0.366 e. The van der Waals surface area contributed by atoms with Crippen molar-refractivity contribution in [3.05, 3.63) is 123 Å². The lowest BCUT2D eigenvalue weighted by Gasteiger charge is -2.28. The first-order valence-electron chi connectivity index (χ1n) is 14.1. The molecule has 226 valence electrons. The number of carbonyl (C=O) groups is 2. The number of nitrogens with zero attached hydrogens (tertiary/aromatic N) is 2. The van der Waals surface area contributed by atoms with Crippen molar-refractivity contribution >= 4 is 33.0 Å². The summed E-state index contributed by atoms with van der Waals surface area (Å²) < 4.78 is 25.1. The van der Waals surface area contributed by atoms with Gasteiger partial charge in [0, 0.05) is 48.1 Å². The van der Waals surface area contributed by atoms with E-state index in [2.05, 4.69) is 10.3 Å². The molecule has 2 atom stereocenters. The van der Waals surface area contributed by atoms with Crippen LogP contribution in [0.5, 0.6) is 0 Å². The van der Waals surface area contributed by atoms with Crippen molar-refractivity contribution in [2.24, 2.45) is 5.73 Å². The van der Waals surface area contributed by atoms with Crippen molar-refractivity contribution in [3.63, 3.8) is 0 Å². The van der Waals surface area contributed by atoms with Crippen LogP contribution in [0, 0.1) is 6.92 Å². The van der Waals surface area contributed by atoms with E-state index in [4.69, 9.17) is 5.73 Å². The third-order valence-corrected chi connectivity index (χ3v) is 9.19. The van der Waals surface area contributed by atoms with Gasteiger partial charge < -0.3 is 16.0 Å². The van der Waals surface area contributed by atoms with E-state index in [1.165, 1.54) is 17.6 Å². The molecule has 1 heterocycles. The molecule has 0 spiro atoms. The number of benzene rings is 3. The molecule has 8 nitrogen and oxygen atoms in total. The lowest BCUT2D eigenvalue weighted by Crippen LogP contribution is -2.37. The van der Waals surface area contributed by atoms with Crippen LogP contribution in [0.3, 0.4) is 0 Å². The summed E-state index contributed by atoms with van der Waals surface area (Å²) in [7, 11) is -1.65. The Kier molecular flexibility index (Phi) is 10.8. The highest BCUT2D eigenvalue weighted by Crippen LogP contribution is 2.33. The summed E-state index contributed by atoms with van der Waals surface area (Å²) in [5.41, 5.74) is 9.97. The molecule has 2 amide bonds. The average Bonchev–Trinajstić information content (AvgIpc) is 3.39. The Morgan fingerprint density at radius 3 is 2.16 bits per heavy atom. The number of rotatable bonds is 14. The third-order valence-electron chi connectivity index (χ3n) is 7.23. The van der Waals surface area contributed by atoms with Gasteiger partial charge in [0.2, 0.25) is 5.91 Å². The zero-order chi connectivity index (χ0) is 31.0. The van der Waals surface area contributed by atoms with Crippen LogP contribution in [-0.4, -0.2) is 55.2 Å². The molecule has 10 heteroatoms. The number of nitrogens with one attached hydrogen (secondary N) is 1. The maximum Gasteiger partial charge on any atom is 0.254 e. The van der Waals surface area contributed by atoms with Gasteiger partial charge in [-0.05, 0) is 54.5 Å². The molecule has 3 aromatic carbocycles. The molecule has 0 bridgehead atoms. The molecule has 0 fully saturated rings. The second-order valence-electron chi connectivity index (χ2n) is 11.0. The minimum atomic E-state index is -3.36. The summed E-state index contributed by atoms with van der Waals surface area (Å²) in [5, 5.41) is 6.18. The Morgan fingerprint density at radius 2 is 1.58 bits per heavy atom. The highest BCUT2D eigenvalue weighted by Gasteiger charge is 2.30. The molecule has 0 radical (unpaired) electrons. The summed E-state index contributed by atoms with van der Waals surface area (Å²) in [6.45, 7) is 2.69. The van der Waals surface area contributed by atoms with Crippen LogP contribution < -0.4 is 11.1 Å². The number of hydrogen-bond donors (Lipinski definition) is 2. The van der Waals surface area contributed by atoms with Gasteiger partial charge in [0.1, 0.15) is 14.8 Å². The highest BCUT2D eigenvalue weighted by molar-refractivity contribution is 7.90. The standard InChI is InChI=1S/C33H38N4O4S2/c1-23-21-42-30(36-23)20-37(2)33(39)29-16-10-15-28(32(34)38)31(29)26(17-24-11-6-4-7-12-24)18-27(22-43(3,40)41)35-19-25-13-8-5-9-14-25/h4-16,21,26-27,35H,17-20,22H2,1-3H3,(H2,34,38). The van der Waals surface area contributed by atoms with Crippen molar-refractivity contribution in [1.29, 1.82) is 0 Å². The second kappa shape index (κ2) is 14.5. The van der Waals surface area contributed by atoms with Crippen LogP contribution in [0.4, 0.5) is 0 Å². The van der Waals surface area contributed by atoms with Crippen molar-refractivity contribution in [2.75, 3.05) is 19.1 Å². The molecule has 2 unspecified atom stereocenters. The lowest BCUT2D eigenvalue weighted by atomic mass is 9.81. The van der Waals surface area contributed by atoms with Gasteiger partial charge in [-0.25, -0.2) is 13.4 Å². The number of thiazole rings is 1. The van der Waals surface area contributed by atoms with Crippen LogP contribution in [0.25, 0.3) is 0 Å². The first-order valence-corrected chi connectivity index (χ1v) is 17.0. The van der Waals surface area contributed by atoms with E-state index in [9.17, 15) is 18.0 Å². The van der Waals surface area contributed by atoms with Crippen LogP contribution in [-0.2, 0) is 29.3 Å². The zero-order valence-electron chi connectivity index (χ0n) is 24.7. The molecular weight excluding hydrogens is 581 g/mol. The van der Waals surface area contributed by atoms with Gasteiger partial charge in [-0.2, -0.15) is 0 Å². The molecule has 0 aliphatic heterocycles. The summed E-state index contributed by atoms with van der Waals surface area (Å²) in [5.74, 6) is -1.40. The van der Waals surface area contributed by atoms with Crippen molar-refractivity contribution in [3.8, 4) is 0 Å². The van der Waals surface area contributed by atoms with Crippen molar-refractivity contribution in [1.82, 2.24) is 15.2 Å². The molecular formula is C33H38N4O4S2. The molecule has 4 rings (SSSR count). The predicted octanol–water partition coefficient (Wildman–Crippen LogP) is 4.74. The van der Waals surface area contributed by atoms with E-state index < -0.39 is 27.7 Å². The quantitative estimate of drug-likeness (QED) is 0.211. The summed E-state index contributed by atoms with van der Waals surface area (Å²) in [6, 6.07) is 24.1. The second-order valence-corrected chi connectivity index (χ2v) is 14.1. The first kappa shape index (κ1) is 32.1. The summed E-state index contributed by atoms with van der Waals surface area (Å²) in [6.07, 6.45) is 2.06. The maximum absolute atomic E-state index is 14.0. The molecule has 1 aromatic heterocycles. The van der Waals surface area contributed by atoms with Gasteiger partial charge in [-0.3, -0.25) is 9.59 Å². The number of hydrogen-bond acceptors (Lipinski definition) is 7. The fourth-order valence-electron chi connectivity index (χ4n) is 5.34. The zero-order valence-corrected chi connectivity index (χ0v) is 26.3. The van der Waals surface area contributed by atoms with Gasteiger partial charge in [0.05, 0.1) is 12.3 Å². The normalized spacial score (nSPS) is 12.9. The van der Waals surface area contributed by atoms with E-state index in [-0.39, 0.29) is 17.2 Å². The molecule has 4 aromatic rings. The lowest BCUT2D eigenvalue weighted by molar-refractivity contribution is 0.0783. The fraction of sp³-hybridized carbons (Fsp3) is 0.303. The molecule has 0 aliphatic rings. The number of nitrogens with two attached hydrogens (primary N) is 1. The summed E-state index contributed by atoms with van der Waals surface area (Å²) in [4.78, 5) is 32.9. The SMILES string of the molecule is Cc1csc(CN(C)C(=O)c2cccc(C(N)=O)c2C(Cc2ccccc2)CC(CS(C)(=O)=O)NCc2ccccc2)n1. The van der Waals surface area contributed by atoms with Crippen LogP contribution >= 0.6 is 11.3 Å². The maximum atomic E-state index is 14.0. The molecule has 43 heavy (non-hydrogen) atoms. The minimum Gasteiger partial charge on any atom is -0.366 e. The van der Waals surface area contributed by atoms with Crippen LogP contribution in [0.2, 0.25) is 0 Å². The predicted molar refractivity (Wildman–Crippen MR) is 172 cm³/mol. The van der Waals surface area contributed by atoms with Crippen LogP contribution in [0.15, 0.2) is 84.2 Å². The fourth-order valence-corrected chi connectivity index (χ4v) is 7.15. The number of carbonyl (C=O) groups excluding carboxylic acids is 2. The van der Waals surface area contributed by atoms with Crippen molar-refractivity contribution in [2.45, 2.75) is 44.8 Å². The van der Waals surface area contributed by atoms with Crippen LogP contribution in [0.1, 0.15) is 60.4 Å². The number of primary amides is 1. The van der Waals surface area contributed by atoms with E-state index >= 15 is 0 Å². The third kappa shape index (κ3) is 9.31. The van der Waals surface area contributed by atoms with Crippen molar-refractivity contribution < 1.29 is 18.0 Å². The molecule has 3 N–H and O–H groups in total. The number of aryl methyl sites for hydroxylation is 1. The van der Waals surface area contributed by atoms with E-state index in [0.29, 0.717) is 37.1 Å². The minimum absolute atomic E-state index is 0.101. The summed E-state index contributed by atoms with van der Waals surface area (Å²) >= 11 is 1.48. The Balaban J connectivity index is 1.76. The van der Waals surface area contributed by atoms with Gasteiger partial charge in [0.15, 0.2) is 0 Å².